The van der Waals surface area contributed by atoms with Crippen molar-refractivity contribution < 1.29 is 4.79 Å². The molecule has 1 atom stereocenters. The Morgan fingerprint density at radius 1 is 1.53 bits per heavy atom. The third kappa shape index (κ3) is 3.37. The molecule has 0 aromatic heterocycles. The van der Waals surface area contributed by atoms with Crippen molar-refractivity contribution >= 4 is 21.8 Å². The summed E-state index contributed by atoms with van der Waals surface area (Å²) in [5.74, 6) is 0.128. The van der Waals surface area contributed by atoms with Crippen LogP contribution in [0.3, 0.4) is 0 Å². The number of likely N-dealkylation sites (N-methyl/N-ethyl adjacent to an activating group) is 1. The third-order valence-corrected chi connectivity index (χ3v) is 4.32. The second-order valence-electron chi connectivity index (χ2n) is 5.07. The van der Waals surface area contributed by atoms with Gasteiger partial charge in [0.1, 0.15) is 0 Å². The van der Waals surface area contributed by atoms with Gasteiger partial charge in [-0.25, -0.2) is 0 Å². The molecule has 1 aromatic rings. The molecule has 3 nitrogen and oxygen atoms in total. The molecule has 1 unspecified atom stereocenters. The monoisotopic (exact) mass is 324 g/mol. The highest BCUT2D eigenvalue weighted by Crippen LogP contribution is 2.22. The molecular formula is C15H21BrN2O. The average molecular weight is 325 g/mol. The van der Waals surface area contributed by atoms with Gasteiger partial charge in [-0.05, 0) is 66.9 Å². The molecular weight excluding hydrogens is 304 g/mol. The van der Waals surface area contributed by atoms with E-state index in [9.17, 15) is 4.79 Å². The summed E-state index contributed by atoms with van der Waals surface area (Å²) in [7, 11) is 0. The Labute approximate surface area is 123 Å². The first kappa shape index (κ1) is 14.5. The van der Waals surface area contributed by atoms with Gasteiger partial charge in [0.05, 0.1) is 5.56 Å². The smallest absolute Gasteiger partial charge is 0.255 e. The zero-order chi connectivity index (χ0) is 13.8. The summed E-state index contributed by atoms with van der Waals surface area (Å²) in [5, 5.41) is 3.37. The van der Waals surface area contributed by atoms with Crippen LogP contribution < -0.4 is 5.32 Å². The largest absolute Gasteiger partial charge is 0.335 e. The standard InChI is InChI=1S/C15H21BrN2O/c1-3-18(12-5-4-8-17-10-12)15(19)13-7-6-11(2)9-14(13)16/h6-7,9,12,17H,3-5,8,10H2,1-2H3. The SMILES string of the molecule is CCN(C(=O)c1ccc(C)cc1Br)C1CCCNC1. The summed E-state index contributed by atoms with van der Waals surface area (Å²) in [5.41, 5.74) is 1.92. The molecule has 0 saturated carbocycles. The Hall–Kier alpha value is -0.870. The molecule has 1 heterocycles. The van der Waals surface area contributed by atoms with E-state index >= 15 is 0 Å². The van der Waals surface area contributed by atoms with Crippen LogP contribution in [0.1, 0.15) is 35.7 Å². The zero-order valence-electron chi connectivity index (χ0n) is 11.6. The molecule has 1 aromatic carbocycles. The Morgan fingerprint density at radius 3 is 2.89 bits per heavy atom. The first-order valence-corrected chi connectivity index (χ1v) is 7.70. The van der Waals surface area contributed by atoms with Crippen LogP contribution in [0.15, 0.2) is 22.7 Å². The van der Waals surface area contributed by atoms with Gasteiger partial charge in [-0.15, -0.1) is 0 Å². The van der Waals surface area contributed by atoms with Crippen LogP contribution in [-0.4, -0.2) is 36.5 Å². The number of carbonyl (C=O) groups excluding carboxylic acids is 1. The molecule has 0 bridgehead atoms. The number of aryl methyl sites for hydroxylation is 1. The van der Waals surface area contributed by atoms with Gasteiger partial charge >= 0.3 is 0 Å². The van der Waals surface area contributed by atoms with Crippen molar-refractivity contribution in [2.75, 3.05) is 19.6 Å². The molecule has 2 rings (SSSR count). The predicted octanol–water partition coefficient (Wildman–Crippen LogP) is 2.97. The number of nitrogens with one attached hydrogen (secondary N) is 1. The van der Waals surface area contributed by atoms with Crippen LogP contribution in [0.25, 0.3) is 0 Å². The number of piperidine rings is 1. The number of amides is 1. The number of hydrogen-bond donors (Lipinski definition) is 1. The Balaban J connectivity index is 2.19. The molecule has 1 N–H and O–H groups in total. The summed E-state index contributed by atoms with van der Waals surface area (Å²) >= 11 is 3.51. The highest BCUT2D eigenvalue weighted by molar-refractivity contribution is 9.10. The van der Waals surface area contributed by atoms with E-state index in [1.165, 1.54) is 0 Å². The van der Waals surface area contributed by atoms with Crippen LogP contribution >= 0.6 is 15.9 Å². The lowest BCUT2D eigenvalue weighted by Gasteiger charge is -2.34. The van der Waals surface area contributed by atoms with Crippen LogP contribution in [-0.2, 0) is 0 Å². The minimum atomic E-state index is 0.128. The zero-order valence-corrected chi connectivity index (χ0v) is 13.2. The van der Waals surface area contributed by atoms with Crippen molar-refractivity contribution in [3.8, 4) is 0 Å². The average Bonchev–Trinajstić information content (AvgIpc) is 2.40. The summed E-state index contributed by atoms with van der Waals surface area (Å²) in [6.07, 6.45) is 2.24. The lowest BCUT2D eigenvalue weighted by atomic mass is 10.0. The minimum Gasteiger partial charge on any atom is -0.335 e. The number of nitrogens with zero attached hydrogens (tertiary/aromatic N) is 1. The van der Waals surface area contributed by atoms with Crippen molar-refractivity contribution in [2.24, 2.45) is 0 Å². The van der Waals surface area contributed by atoms with Crippen LogP contribution in [0.5, 0.6) is 0 Å². The fourth-order valence-corrected chi connectivity index (χ4v) is 3.28. The number of carbonyl (C=O) groups is 1. The van der Waals surface area contributed by atoms with E-state index in [4.69, 9.17) is 0 Å². The molecule has 1 aliphatic heterocycles. The molecule has 104 valence electrons. The van der Waals surface area contributed by atoms with Gasteiger partial charge in [-0.2, -0.15) is 0 Å². The number of halogens is 1. The summed E-state index contributed by atoms with van der Waals surface area (Å²) < 4.78 is 0.889. The van der Waals surface area contributed by atoms with Gasteiger partial charge in [0.15, 0.2) is 0 Å². The van der Waals surface area contributed by atoms with Gasteiger partial charge in [0.2, 0.25) is 0 Å². The van der Waals surface area contributed by atoms with Crippen molar-refractivity contribution in [3.05, 3.63) is 33.8 Å². The summed E-state index contributed by atoms with van der Waals surface area (Å²) in [4.78, 5) is 14.7. The van der Waals surface area contributed by atoms with E-state index in [1.54, 1.807) is 0 Å². The molecule has 1 aliphatic rings. The third-order valence-electron chi connectivity index (χ3n) is 3.67. The molecule has 4 heteroatoms. The highest BCUT2D eigenvalue weighted by atomic mass is 79.9. The van der Waals surface area contributed by atoms with Gasteiger partial charge in [-0.3, -0.25) is 4.79 Å². The Morgan fingerprint density at radius 2 is 2.32 bits per heavy atom. The molecule has 1 saturated heterocycles. The highest BCUT2D eigenvalue weighted by Gasteiger charge is 2.25. The first-order valence-electron chi connectivity index (χ1n) is 6.91. The normalized spacial score (nSPS) is 19.2. The van der Waals surface area contributed by atoms with Gasteiger partial charge < -0.3 is 10.2 Å². The molecule has 0 aliphatic carbocycles. The van der Waals surface area contributed by atoms with E-state index in [0.29, 0.717) is 6.04 Å². The van der Waals surface area contributed by atoms with Crippen molar-refractivity contribution in [3.63, 3.8) is 0 Å². The quantitative estimate of drug-likeness (QED) is 0.927. The van der Waals surface area contributed by atoms with E-state index in [-0.39, 0.29) is 5.91 Å². The Kier molecular flexibility index (Phi) is 4.99. The first-order chi connectivity index (χ1) is 9.13. The minimum absolute atomic E-state index is 0.128. The number of benzene rings is 1. The molecule has 1 fully saturated rings. The second-order valence-corrected chi connectivity index (χ2v) is 5.93. The fraction of sp³-hybridized carbons (Fsp3) is 0.533. The summed E-state index contributed by atoms with van der Waals surface area (Å²) in [6, 6.07) is 6.23. The molecule has 0 radical (unpaired) electrons. The molecule has 19 heavy (non-hydrogen) atoms. The van der Waals surface area contributed by atoms with E-state index in [1.807, 2.05) is 30.0 Å². The lowest BCUT2D eigenvalue weighted by Crippen LogP contribution is -2.48. The maximum atomic E-state index is 12.7. The lowest BCUT2D eigenvalue weighted by molar-refractivity contribution is 0.0661. The van der Waals surface area contributed by atoms with Crippen molar-refractivity contribution in [1.29, 1.82) is 0 Å². The Bertz CT molecular complexity index is 455. The van der Waals surface area contributed by atoms with E-state index in [2.05, 4.69) is 28.2 Å². The maximum Gasteiger partial charge on any atom is 0.255 e. The topological polar surface area (TPSA) is 32.3 Å². The molecule has 0 spiro atoms. The van der Waals surface area contributed by atoms with Crippen LogP contribution in [0.2, 0.25) is 0 Å². The van der Waals surface area contributed by atoms with Gasteiger partial charge in [0, 0.05) is 23.6 Å². The van der Waals surface area contributed by atoms with Crippen molar-refractivity contribution in [1.82, 2.24) is 10.2 Å². The number of rotatable bonds is 3. The number of hydrogen-bond acceptors (Lipinski definition) is 2. The van der Waals surface area contributed by atoms with Gasteiger partial charge in [-0.1, -0.05) is 6.07 Å². The van der Waals surface area contributed by atoms with E-state index < -0.39 is 0 Å². The maximum absolute atomic E-state index is 12.7. The fourth-order valence-electron chi connectivity index (χ4n) is 2.62. The molecule has 1 amide bonds. The van der Waals surface area contributed by atoms with Crippen LogP contribution in [0, 0.1) is 6.92 Å². The van der Waals surface area contributed by atoms with Crippen molar-refractivity contribution in [2.45, 2.75) is 32.7 Å². The van der Waals surface area contributed by atoms with Gasteiger partial charge in [0.25, 0.3) is 5.91 Å². The van der Waals surface area contributed by atoms with E-state index in [0.717, 1.165) is 48.1 Å². The van der Waals surface area contributed by atoms with Crippen LogP contribution in [0.4, 0.5) is 0 Å². The summed E-state index contributed by atoms with van der Waals surface area (Å²) in [6.45, 7) is 6.81. The second kappa shape index (κ2) is 6.53. The predicted molar refractivity (Wildman–Crippen MR) is 81.5 cm³/mol.